The Morgan fingerprint density at radius 1 is 0.909 bits per heavy atom. The van der Waals surface area contributed by atoms with E-state index in [9.17, 15) is 0 Å². The van der Waals surface area contributed by atoms with Crippen molar-refractivity contribution >= 4 is 33.2 Å². The fourth-order valence-corrected chi connectivity index (χ4v) is 3.07. The van der Waals surface area contributed by atoms with Crippen LogP contribution in [0.15, 0.2) is 60.7 Å². The molecule has 0 aliphatic carbocycles. The molecule has 4 aromatic rings. The number of nitrogen functional groups attached to an aromatic ring is 1. The summed E-state index contributed by atoms with van der Waals surface area (Å²) < 4.78 is 0. The Hall–Kier alpha value is -2.94. The number of para-hydroxylation sites is 1. The molecule has 0 saturated heterocycles. The maximum atomic E-state index is 5.81. The van der Waals surface area contributed by atoms with Crippen LogP contribution in [0.2, 0.25) is 0 Å². The van der Waals surface area contributed by atoms with E-state index < -0.39 is 0 Å². The van der Waals surface area contributed by atoms with E-state index in [0.717, 1.165) is 28.0 Å². The van der Waals surface area contributed by atoms with Crippen molar-refractivity contribution in [3.63, 3.8) is 0 Å². The molecule has 0 aliphatic rings. The molecule has 0 fully saturated rings. The van der Waals surface area contributed by atoms with Gasteiger partial charge >= 0.3 is 0 Å². The molecule has 0 unspecified atom stereocenters. The first-order chi connectivity index (χ1) is 10.8. The molecule has 1 heterocycles. The number of H-pyrrole nitrogens is 1. The van der Waals surface area contributed by atoms with Gasteiger partial charge in [-0.2, -0.15) is 0 Å². The van der Waals surface area contributed by atoms with Gasteiger partial charge in [0.1, 0.15) is 0 Å². The van der Waals surface area contributed by atoms with Crippen molar-refractivity contribution in [2.45, 2.75) is 0 Å². The van der Waals surface area contributed by atoms with Gasteiger partial charge in [-0.25, -0.2) is 0 Å². The van der Waals surface area contributed by atoms with Crippen LogP contribution >= 0.6 is 0 Å². The Kier molecular flexibility index (Phi) is 2.79. The molecule has 3 heteroatoms. The number of anilines is 2. The maximum absolute atomic E-state index is 5.81. The average molecular weight is 287 g/mol. The topological polar surface area (TPSA) is 53.8 Å². The summed E-state index contributed by atoms with van der Waals surface area (Å²) >= 11 is 0. The summed E-state index contributed by atoms with van der Waals surface area (Å²) in [5.41, 5.74) is 12.4. The number of hydrogen-bond acceptors (Lipinski definition) is 2. The van der Waals surface area contributed by atoms with Gasteiger partial charge in [-0.05, 0) is 29.8 Å². The largest absolute Gasteiger partial charge is 0.399 e. The third kappa shape index (κ3) is 1.83. The fourth-order valence-electron chi connectivity index (χ4n) is 3.07. The van der Waals surface area contributed by atoms with E-state index in [1.807, 2.05) is 19.2 Å². The molecular formula is C19H17N3. The number of aromatic amines is 1. The summed E-state index contributed by atoms with van der Waals surface area (Å²) in [7, 11) is 1.96. The number of nitrogens with two attached hydrogens (primary N) is 1. The lowest BCUT2D eigenvalue weighted by molar-refractivity contribution is 1.51. The quantitative estimate of drug-likeness (QED) is 0.471. The van der Waals surface area contributed by atoms with E-state index in [0.29, 0.717) is 0 Å². The van der Waals surface area contributed by atoms with Crippen LogP contribution in [0.25, 0.3) is 32.9 Å². The zero-order valence-corrected chi connectivity index (χ0v) is 12.4. The molecule has 0 aliphatic heterocycles. The molecule has 0 saturated carbocycles. The summed E-state index contributed by atoms with van der Waals surface area (Å²) in [5, 5.41) is 5.76. The van der Waals surface area contributed by atoms with Gasteiger partial charge in [-0.1, -0.05) is 36.4 Å². The van der Waals surface area contributed by atoms with Crippen molar-refractivity contribution in [1.29, 1.82) is 0 Å². The fraction of sp³-hybridized carbons (Fsp3) is 0.0526. The highest BCUT2D eigenvalue weighted by atomic mass is 14.8. The lowest BCUT2D eigenvalue weighted by Gasteiger charge is -2.08. The Balaban J connectivity index is 2.10. The molecular weight excluding hydrogens is 270 g/mol. The SMILES string of the molecule is CNc1ccc(-c2ccc(N)cc2)c2[nH]c3ccccc3c12. The lowest BCUT2D eigenvalue weighted by Crippen LogP contribution is -1.90. The van der Waals surface area contributed by atoms with Crippen molar-refractivity contribution in [2.24, 2.45) is 0 Å². The van der Waals surface area contributed by atoms with Crippen LogP contribution < -0.4 is 11.1 Å². The van der Waals surface area contributed by atoms with E-state index in [2.05, 4.69) is 58.8 Å². The predicted molar refractivity (Wildman–Crippen MR) is 95.2 cm³/mol. The van der Waals surface area contributed by atoms with E-state index in [4.69, 9.17) is 5.73 Å². The highest BCUT2D eigenvalue weighted by Crippen LogP contribution is 2.37. The second kappa shape index (κ2) is 4.81. The molecule has 0 radical (unpaired) electrons. The van der Waals surface area contributed by atoms with Crippen LogP contribution in [-0.4, -0.2) is 12.0 Å². The molecule has 1 aromatic heterocycles. The smallest absolute Gasteiger partial charge is 0.0565 e. The Morgan fingerprint density at radius 2 is 1.68 bits per heavy atom. The minimum absolute atomic E-state index is 0.781. The Labute approximate surface area is 128 Å². The minimum atomic E-state index is 0.781. The van der Waals surface area contributed by atoms with Crippen LogP contribution in [0.4, 0.5) is 11.4 Å². The summed E-state index contributed by atoms with van der Waals surface area (Å²) in [6, 6.07) is 20.7. The lowest BCUT2D eigenvalue weighted by atomic mass is 10.0. The first kappa shape index (κ1) is 12.8. The number of rotatable bonds is 2. The van der Waals surface area contributed by atoms with Gasteiger partial charge in [0.25, 0.3) is 0 Å². The number of fused-ring (bicyclic) bond motifs is 3. The molecule has 0 atom stereocenters. The maximum Gasteiger partial charge on any atom is 0.0565 e. The standard InChI is InChI=1S/C19H17N3/c1-21-17-11-10-14(12-6-8-13(20)9-7-12)19-18(17)15-4-2-3-5-16(15)22-19/h2-11,21-22H,20H2,1H3. The van der Waals surface area contributed by atoms with Crippen LogP contribution in [0.3, 0.4) is 0 Å². The molecule has 0 spiro atoms. The van der Waals surface area contributed by atoms with Crippen molar-refractivity contribution in [3.8, 4) is 11.1 Å². The van der Waals surface area contributed by atoms with Gasteiger partial charge < -0.3 is 16.0 Å². The van der Waals surface area contributed by atoms with Crippen molar-refractivity contribution in [1.82, 2.24) is 4.98 Å². The zero-order chi connectivity index (χ0) is 15.1. The number of benzene rings is 3. The van der Waals surface area contributed by atoms with Gasteiger partial charge in [0, 0.05) is 40.3 Å². The third-order valence-electron chi connectivity index (χ3n) is 4.15. The second-order valence-electron chi connectivity index (χ2n) is 5.45. The van der Waals surface area contributed by atoms with Crippen molar-refractivity contribution in [3.05, 3.63) is 60.7 Å². The van der Waals surface area contributed by atoms with Crippen LogP contribution in [0.1, 0.15) is 0 Å². The second-order valence-corrected chi connectivity index (χ2v) is 5.45. The summed E-state index contributed by atoms with van der Waals surface area (Å²) in [5.74, 6) is 0. The highest BCUT2D eigenvalue weighted by molar-refractivity contribution is 6.17. The number of aromatic nitrogens is 1. The summed E-state index contributed by atoms with van der Waals surface area (Å²) in [6.07, 6.45) is 0. The number of nitrogens with one attached hydrogen (secondary N) is 2. The highest BCUT2D eigenvalue weighted by Gasteiger charge is 2.12. The summed E-state index contributed by atoms with van der Waals surface area (Å²) in [6.45, 7) is 0. The average Bonchev–Trinajstić information content (AvgIpc) is 2.94. The van der Waals surface area contributed by atoms with Gasteiger partial charge in [0.15, 0.2) is 0 Å². The van der Waals surface area contributed by atoms with Crippen LogP contribution in [-0.2, 0) is 0 Å². The first-order valence-electron chi connectivity index (χ1n) is 7.35. The normalized spacial score (nSPS) is 11.1. The van der Waals surface area contributed by atoms with E-state index in [1.54, 1.807) is 0 Å². The van der Waals surface area contributed by atoms with Gasteiger partial charge in [-0.15, -0.1) is 0 Å². The van der Waals surface area contributed by atoms with E-state index in [1.165, 1.54) is 16.3 Å². The van der Waals surface area contributed by atoms with Crippen molar-refractivity contribution < 1.29 is 0 Å². The molecule has 3 nitrogen and oxygen atoms in total. The third-order valence-corrected chi connectivity index (χ3v) is 4.15. The number of hydrogen-bond donors (Lipinski definition) is 3. The zero-order valence-electron chi connectivity index (χ0n) is 12.4. The Bertz CT molecular complexity index is 965. The van der Waals surface area contributed by atoms with Crippen LogP contribution in [0, 0.1) is 0 Å². The van der Waals surface area contributed by atoms with Crippen molar-refractivity contribution in [2.75, 3.05) is 18.1 Å². The molecule has 0 amide bonds. The minimum Gasteiger partial charge on any atom is -0.399 e. The summed E-state index contributed by atoms with van der Waals surface area (Å²) in [4.78, 5) is 3.56. The molecule has 22 heavy (non-hydrogen) atoms. The van der Waals surface area contributed by atoms with E-state index in [-0.39, 0.29) is 0 Å². The molecule has 3 aromatic carbocycles. The van der Waals surface area contributed by atoms with Gasteiger partial charge in [-0.3, -0.25) is 0 Å². The first-order valence-corrected chi connectivity index (χ1v) is 7.35. The van der Waals surface area contributed by atoms with Gasteiger partial charge in [0.2, 0.25) is 0 Å². The molecule has 0 bridgehead atoms. The predicted octanol–water partition coefficient (Wildman–Crippen LogP) is 4.61. The molecule has 4 N–H and O–H groups in total. The van der Waals surface area contributed by atoms with Gasteiger partial charge in [0.05, 0.1) is 5.52 Å². The van der Waals surface area contributed by atoms with Crippen LogP contribution in [0.5, 0.6) is 0 Å². The Morgan fingerprint density at radius 3 is 2.45 bits per heavy atom. The van der Waals surface area contributed by atoms with E-state index >= 15 is 0 Å². The monoisotopic (exact) mass is 287 g/mol. The molecule has 108 valence electrons. The molecule has 4 rings (SSSR count).